The Morgan fingerprint density at radius 2 is 2.50 bits per heavy atom. The highest BCUT2D eigenvalue weighted by atomic mass is 16.3. The van der Waals surface area contributed by atoms with Gasteiger partial charge < -0.3 is 5.11 Å². The number of hydrogen-bond donors (Lipinski definition) is 1. The van der Waals surface area contributed by atoms with Crippen molar-refractivity contribution in [2.24, 2.45) is 5.92 Å². The molecule has 0 aromatic carbocycles. The maximum atomic E-state index is 9.28. The van der Waals surface area contributed by atoms with E-state index in [9.17, 15) is 5.11 Å². The Morgan fingerprint density at radius 1 is 1.69 bits per heavy atom. The molecule has 1 rings (SSSR count). The molecule has 0 bridgehead atoms. The second-order valence-electron chi connectivity index (χ2n) is 3.54. The van der Waals surface area contributed by atoms with Crippen LogP contribution >= 0.6 is 0 Å². The van der Waals surface area contributed by atoms with Crippen LogP contribution in [-0.4, -0.2) is 5.11 Å². The smallest absolute Gasteiger partial charge is 0.115 e. The van der Waals surface area contributed by atoms with Crippen molar-refractivity contribution in [3.05, 3.63) is 60.4 Å². The van der Waals surface area contributed by atoms with Crippen molar-refractivity contribution in [2.75, 3.05) is 0 Å². The van der Waals surface area contributed by atoms with Gasteiger partial charge in [0.15, 0.2) is 0 Å². The average Bonchev–Trinajstić information content (AvgIpc) is 2.30. The van der Waals surface area contributed by atoms with E-state index in [0.717, 1.165) is 12.8 Å². The van der Waals surface area contributed by atoms with E-state index in [2.05, 4.69) is 18.7 Å². The minimum absolute atomic E-state index is 0.0155. The largest absolute Gasteiger partial charge is 0.508 e. The van der Waals surface area contributed by atoms with E-state index in [-0.39, 0.29) is 11.7 Å². The average molecular weight is 213 g/mol. The summed E-state index contributed by atoms with van der Waals surface area (Å²) in [4.78, 5) is 0. The minimum Gasteiger partial charge on any atom is -0.508 e. The third-order valence-corrected chi connectivity index (χ3v) is 2.27. The molecule has 1 unspecified atom stereocenters. The third kappa shape index (κ3) is 4.02. The van der Waals surface area contributed by atoms with Crippen LogP contribution in [0.4, 0.5) is 0 Å². The molecule has 1 atom stereocenters. The van der Waals surface area contributed by atoms with E-state index in [1.807, 2.05) is 18.2 Å². The van der Waals surface area contributed by atoms with Crippen molar-refractivity contribution in [3.8, 4) is 6.07 Å². The first-order valence-electron chi connectivity index (χ1n) is 5.21. The summed E-state index contributed by atoms with van der Waals surface area (Å²) in [7, 11) is 0. The molecular weight excluding hydrogens is 198 g/mol. The number of allylic oxidation sites excluding steroid dienone is 8. The van der Waals surface area contributed by atoms with Crippen LogP contribution < -0.4 is 0 Å². The first-order valence-corrected chi connectivity index (χ1v) is 5.21. The van der Waals surface area contributed by atoms with Gasteiger partial charge in [-0.15, -0.1) is 0 Å². The Bertz CT molecular complexity index is 405. The summed E-state index contributed by atoms with van der Waals surface area (Å²) in [5.74, 6) is 0.215. The van der Waals surface area contributed by atoms with Gasteiger partial charge in [0.25, 0.3) is 0 Å². The molecule has 16 heavy (non-hydrogen) atoms. The monoisotopic (exact) mass is 213 g/mol. The number of aliphatic hydroxyl groups is 1. The van der Waals surface area contributed by atoms with E-state index in [4.69, 9.17) is 5.26 Å². The Balaban J connectivity index is 2.44. The number of hydrogen-bond acceptors (Lipinski definition) is 2. The Morgan fingerprint density at radius 3 is 3.06 bits per heavy atom. The van der Waals surface area contributed by atoms with Crippen LogP contribution in [0, 0.1) is 17.2 Å². The van der Waals surface area contributed by atoms with Crippen molar-refractivity contribution in [1.82, 2.24) is 0 Å². The van der Waals surface area contributed by atoms with Gasteiger partial charge in [0, 0.05) is 0 Å². The number of nitriles is 1. The van der Waals surface area contributed by atoms with Crippen molar-refractivity contribution < 1.29 is 5.11 Å². The van der Waals surface area contributed by atoms with Crippen molar-refractivity contribution in [3.63, 3.8) is 0 Å². The van der Waals surface area contributed by atoms with E-state index in [1.165, 1.54) is 17.7 Å². The van der Waals surface area contributed by atoms with E-state index >= 15 is 0 Å². The Labute approximate surface area is 96.2 Å². The molecule has 0 aliphatic heterocycles. The molecule has 0 heterocycles. The molecule has 0 radical (unpaired) electrons. The maximum Gasteiger partial charge on any atom is 0.115 e. The fraction of sp³-hybridized carbons (Fsp3) is 0.214. The highest BCUT2D eigenvalue weighted by Crippen LogP contribution is 2.18. The van der Waals surface area contributed by atoms with Gasteiger partial charge in [-0.3, -0.25) is 0 Å². The Kier molecular flexibility index (Phi) is 4.88. The van der Waals surface area contributed by atoms with Crippen molar-refractivity contribution in [2.45, 2.75) is 12.8 Å². The fourth-order valence-electron chi connectivity index (χ4n) is 1.40. The molecule has 0 saturated heterocycles. The lowest BCUT2D eigenvalue weighted by molar-refractivity contribution is 0.432. The predicted octanol–water partition coefficient (Wildman–Crippen LogP) is 3.59. The molecule has 2 heteroatoms. The third-order valence-electron chi connectivity index (χ3n) is 2.27. The van der Waals surface area contributed by atoms with Crippen LogP contribution in [0.15, 0.2) is 60.4 Å². The topological polar surface area (TPSA) is 44.0 Å². The van der Waals surface area contributed by atoms with Crippen LogP contribution in [0.25, 0.3) is 0 Å². The summed E-state index contributed by atoms with van der Waals surface area (Å²) in [5, 5.41) is 18.0. The van der Waals surface area contributed by atoms with Gasteiger partial charge >= 0.3 is 0 Å². The summed E-state index contributed by atoms with van der Waals surface area (Å²) < 4.78 is 0. The van der Waals surface area contributed by atoms with E-state index in [0.29, 0.717) is 0 Å². The summed E-state index contributed by atoms with van der Waals surface area (Å²) in [6.45, 7) is 3.49. The first kappa shape index (κ1) is 12.1. The lowest BCUT2D eigenvalue weighted by Crippen LogP contribution is -1.95. The summed E-state index contributed by atoms with van der Waals surface area (Å²) >= 11 is 0. The zero-order valence-corrected chi connectivity index (χ0v) is 9.13. The lowest BCUT2D eigenvalue weighted by Gasteiger charge is -2.07. The number of rotatable bonds is 4. The zero-order chi connectivity index (χ0) is 11.8. The van der Waals surface area contributed by atoms with E-state index in [1.54, 1.807) is 6.08 Å². The summed E-state index contributed by atoms with van der Waals surface area (Å²) in [5.41, 5.74) is 1.18. The van der Waals surface area contributed by atoms with Gasteiger partial charge in [0.05, 0.1) is 12.0 Å². The van der Waals surface area contributed by atoms with Gasteiger partial charge in [-0.05, 0) is 30.6 Å². The lowest BCUT2D eigenvalue weighted by atomic mass is 9.96. The first-order chi connectivity index (χ1) is 7.76. The van der Waals surface area contributed by atoms with Crippen molar-refractivity contribution in [1.29, 1.82) is 5.26 Å². The molecule has 0 amide bonds. The molecule has 82 valence electrons. The van der Waals surface area contributed by atoms with Crippen LogP contribution in [0.3, 0.4) is 0 Å². The quantitative estimate of drug-likeness (QED) is 0.573. The van der Waals surface area contributed by atoms with Crippen LogP contribution in [0.2, 0.25) is 0 Å². The van der Waals surface area contributed by atoms with Gasteiger partial charge in [0.2, 0.25) is 0 Å². The second-order valence-corrected chi connectivity index (χ2v) is 3.54. The molecule has 0 fully saturated rings. The Hall–Kier alpha value is -2.01. The molecular formula is C14H15NO. The maximum absolute atomic E-state index is 9.28. The fourth-order valence-corrected chi connectivity index (χ4v) is 1.40. The SMILES string of the molecule is C=C/C=C(O)\C=C/CC1=CCC(C#N)C=C1. The normalized spacial score (nSPS) is 20.6. The second kappa shape index (κ2) is 6.47. The van der Waals surface area contributed by atoms with Gasteiger partial charge in [-0.1, -0.05) is 37.0 Å². The zero-order valence-electron chi connectivity index (χ0n) is 9.13. The molecule has 1 aliphatic carbocycles. The summed E-state index contributed by atoms with van der Waals surface area (Å²) in [6, 6.07) is 2.21. The predicted molar refractivity (Wildman–Crippen MR) is 65.6 cm³/mol. The summed E-state index contributed by atoms with van der Waals surface area (Å²) in [6.07, 6.45) is 14.1. The van der Waals surface area contributed by atoms with Crippen molar-refractivity contribution >= 4 is 0 Å². The molecule has 1 N–H and O–H groups in total. The highest BCUT2D eigenvalue weighted by Gasteiger charge is 2.05. The van der Waals surface area contributed by atoms with Gasteiger partial charge in [-0.25, -0.2) is 0 Å². The van der Waals surface area contributed by atoms with E-state index < -0.39 is 0 Å². The minimum atomic E-state index is 0.0155. The molecule has 1 aliphatic rings. The van der Waals surface area contributed by atoms with Crippen LogP contribution in [0.5, 0.6) is 0 Å². The standard InChI is InChI=1S/C14H15NO/c1-2-4-14(16)6-3-5-12-7-9-13(11-15)10-8-12/h2-4,6-9,13,16H,1,5,10H2/b6-3-,14-4+. The molecule has 0 saturated carbocycles. The van der Waals surface area contributed by atoms with Crippen LogP contribution in [-0.2, 0) is 0 Å². The van der Waals surface area contributed by atoms with Crippen LogP contribution in [0.1, 0.15) is 12.8 Å². The van der Waals surface area contributed by atoms with Gasteiger partial charge in [0.1, 0.15) is 5.76 Å². The highest BCUT2D eigenvalue weighted by molar-refractivity contribution is 5.29. The van der Waals surface area contributed by atoms with Gasteiger partial charge in [-0.2, -0.15) is 5.26 Å². The molecule has 0 aromatic heterocycles. The molecule has 2 nitrogen and oxygen atoms in total. The number of aliphatic hydroxyl groups excluding tert-OH is 1. The molecule has 0 aromatic rings. The molecule has 0 spiro atoms. The number of nitrogens with zero attached hydrogens (tertiary/aromatic N) is 1.